The number of halogens is 1. The van der Waals surface area contributed by atoms with E-state index in [1.807, 2.05) is 56.3 Å². The van der Waals surface area contributed by atoms with Crippen LogP contribution in [0.3, 0.4) is 0 Å². The normalized spacial score (nSPS) is 14.4. The predicted octanol–water partition coefficient (Wildman–Crippen LogP) is 5.46. The molecule has 1 aliphatic rings. The number of benzene rings is 3. The van der Waals surface area contributed by atoms with E-state index in [2.05, 4.69) is 43.8 Å². The number of thiocarbonyl (C=S) groups is 1. The summed E-state index contributed by atoms with van der Waals surface area (Å²) in [5, 5.41) is 10.5. The molecule has 45 heavy (non-hydrogen) atoms. The Morgan fingerprint density at radius 1 is 1.00 bits per heavy atom. The third-order valence-corrected chi connectivity index (χ3v) is 7.61. The number of esters is 1. The Kier molecular flexibility index (Phi) is 12.2. The zero-order valence-electron chi connectivity index (χ0n) is 25.4. The first kappa shape index (κ1) is 33.7. The van der Waals surface area contributed by atoms with E-state index in [1.165, 1.54) is 11.8 Å². The largest absolute Gasteiger partial charge is 0.490 e. The van der Waals surface area contributed by atoms with E-state index in [4.69, 9.17) is 31.2 Å². The number of allylic oxidation sites excluding steroid dienone is 1. The number of nitrogens with one attached hydrogen (secondary N) is 3. The van der Waals surface area contributed by atoms with Gasteiger partial charge in [-0.15, -0.1) is 0 Å². The fourth-order valence-corrected chi connectivity index (χ4v) is 5.57. The maximum atomic E-state index is 12.8. The highest BCUT2D eigenvalue weighted by atomic mass is 127. The van der Waals surface area contributed by atoms with Crippen molar-refractivity contribution >= 4 is 58.0 Å². The van der Waals surface area contributed by atoms with Crippen LogP contribution in [0, 0.1) is 10.5 Å². The second kappa shape index (κ2) is 16.2. The van der Waals surface area contributed by atoms with Gasteiger partial charge in [-0.05, 0) is 91.8 Å². The highest BCUT2D eigenvalue weighted by molar-refractivity contribution is 14.1. The molecule has 0 spiro atoms. The summed E-state index contributed by atoms with van der Waals surface area (Å²) in [5.74, 6) is 0.695. The first-order chi connectivity index (χ1) is 21.7. The molecular formula is C33H35IN4O6S. The van der Waals surface area contributed by atoms with Crippen molar-refractivity contribution in [2.45, 2.75) is 40.3 Å². The first-order valence-electron chi connectivity index (χ1n) is 14.3. The summed E-state index contributed by atoms with van der Waals surface area (Å²) in [6.45, 7) is 8.23. The zero-order chi connectivity index (χ0) is 32.3. The molecule has 0 unspecified atom stereocenters. The summed E-state index contributed by atoms with van der Waals surface area (Å²) in [5.41, 5.74) is 7.04. The lowest BCUT2D eigenvalue weighted by molar-refractivity contribution is -0.139. The molecule has 3 aromatic rings. The van der Waals surface area contributed by atoms with Crippen molar-refractivity contribution in [2.24, 2.45) is 5.10 Å². The number of nitrogens with zero attached hydrogens (tertiary/aromatic N) is 1. The lowest BCUT2D eigenvalue weighted by Gasteiger charge is -2.30. The number of carbonyl (C=O) groups is 2. The number of aryl methyl sites for hydroxylation is 1. The average molecular weight is 743 g/mol. The van der Waals surface area contributed by atoms with Gasteiger partial charge < -0.3 is 29.6 Å². The van der Waals surface area contributed by atoms with Gasteiger partial charge in [0.2, 0.25) is 0 Å². The van der Waals surface area contributed by atoms with Crippen LogP contribution in [-0.2, 0) is 20.9 Å². The highest BCUT2D eigenvalue weighted by Crippen LogP contribution is 2.35. The van der Waals surface area contributed by atoms with Gasteiger partial charge in [-0.25, -0.2) is 10.2 Å². The fraction of sp³-hybridized carbons (Fsp3) is 0.273. The third-order valence-electron chi connectivity index (χ3n) is 6.59. The lowest BCUT2D eigenvalue weighted by Crippen LogP contribution is -2.45. The van der Waals surface area contributed by atoms with E-state index in [9.17, 15) is 9.59 Å². The Hall–Kier alpha value is -4.17. The van der Waals surface area contributed by atoms with Gasteiger partial charge in [0.15, 0.2) is 23.2 Å². The molecule has 1 aliphatic heterocycles. The maximum Gasteiger partial charge on any atom is 0.338 e. The van der Waals surface area contributed by atoms with Crippen molar-refractivity contribution in [3.63, 3.8) is 0 Å². The molecule has 0 aromatic heterocycles. The van der Waals surface area contributed by atoms with E-state index < -0.39 is 17.9 Å². The number of carbonyl (C=O) groups excluding carboxylic acids is 2. The number of hydrogen-bond donors (Lipinski definition) is 3. The fourth-order valence-electron chi connectivity index (χ4n) is 4.52. The van der Waals surface area contributed by atoms with E-state index in [0.717, 1.165) is 14.7 Å². The monoisotopic (exact) mass is 742 g/mol. The summed E-state index contributed by atoms with van der Waals surface area (Å²) in [7, 11) is 0. The van der Waals surface area contributed by atoms with Gasteiger partial charge in [0.05, 0.1) is 34.6 Å². The van der Waals surface area contributed by atoms with Gasteiger partial charge in [-0.2, -0.15) is 5.10 Å². The van der Waals surface area contributed by atoms with Crippen LogP contribution in [0.2, 0.25) is 0 Å². The average Bonchev–Trinajstić information content (AvgIpc) is 3.00. The van der Waals surface area contributed by atoms with Crippen molar-refractivity contribution in [2.75, 3.05) is 19.8 Å². The van der Waals surface area contributed by atoms with Crippen molar-refractivity contribution in [3.8, 4) is 17.2 Å². The summed E-state index contributed by atoms with van der Waals surface area (Å²) >= 11 is 7.53. The van der Waals surface area contributed by atoms with Crippen LogP contribution in [0.1, 0.15) is 49.1 Å². The molecule has 0 fully saturated rings. The van der Waals surface area contributed by atoms with Crippen molar-refractivity contribution in [1.29, 1.82) is 0 Å². The number of ether oxygens (including phenoxy) is 4. The standard InChI is InChI=1S/C33H35IN4O6S/c1-5-41-27-16-23(15-25(34)31(27)44-18-22-13-11-20(3)12-14-22)17-35-38-28(39)19-43-26-10-8-7-9-24(26)30-29(32(40)42-6-2)21(4)36-33(45)37-30/h7-17,30H,5-6,18-19H2,1-4H3,(H,38,39)(H2,36,37,45)/t30-/m0/s1. The second-order valence-electron chi connectivity index (χ2n) is 9.95. The van der Waals surface area contributed by atoms with E-state index in [1.54, 1.807) is 32.0 Å². The van der Waals surface area contributed by atoms with Crippen LogP contribution in [0.15, 0.2) is 77.0 Å². The predicted molar refractivity (Wildman–Crippen MR) is 184 cm³/mol. The molecule has 4 rings (SSSR count). The van der Waals surface area contributed by atoms with Crippen molar-refractivity contribution in [3.05, 3.63) is 97.8 Å². The molecule has 1 amide bonds. The van der Waals surface area contributed by atoms with Gasteiger partial charge in [-0.3, -0.25) is 4.79 Å². The highest BCUT2D eigenvalue weighted by Gasteiger charge is 2.32. The summed E-state index contributed by atoms with van der Waals surface area (Å²) in [4.78, 5) is 25.4. The van der Waals surface area contributed by atoms with Crippen molar-refractivity contribution < 1.29 is 28.5 Å². The molecule has 10 nitrogen and oxygen atoms in total. The number of para-hydroxylation sites is 1. The molecule has 0 radical (unpaired) electrons. The van der Waals surface area contributed by atoms with Crippen LogP contribution in [0.25, 0.3) is 0 Å². The Bertz CT molecular complexity index is 1610. The Morgan fingerprint density at radius 3 is 2.49 bits per heavy atom. The van der Waals surface area contributed by atoms with Gasteiger partial charge in [0.25, 0.3) is 5.91 Å². The zero-order valence-corrected chi connectivity index (χ0v) is 28.4. The SMILES string of the molecule is CCOC(=O)C1=C(C)NC(=S)N[C@H]1c1ccccc1OCC(=O)NN=Cc1cc(I)c(OCc2ccc(C)cc2)c(OCC)c1. The minimum Gasteiger partial charge on any atom is -0.490 e. The quantitative estimate of drug-likeness (QED) is 0.0690. The molecule has 0 saturated heterocycles. The molecule has 0 bridgehead atoms. The number of amides is 1. The minimum atomic E-state index is -0.624. The molecule has 236 valence electrons. The topological polar surface area (TPSA) is 120 Å². The Labute approximate surface area is 281 Å². The van der Waals surface area contributed by atoms with Crippen LogP contribution >= 0.6 is 34.8 Å². The number of hydrazone groups is 1. The van der Waals surface area contributed by atoms with Gasteiger partial charge in [0.1, 0.15) is 12.4 Å². The molecule has 3 aromatic carbocycles. The molecule has 12 heteroatoms. The molecular weight excluding hydrogens is 707 g/mol. The van der Waals surface area contributed by atoms with Gasteiger partial charge in [0, 0.05) is 11.3 Å². The number of hydrogen-bond acceptors (Lipinski definition) is 8. The molecule has 1 atom stereocenters. The van der Waals surface area contributed by atoms with Crippen LogP contribution in [0.4, 0.5) is 0 Å². The summed E-state index contributed by atoms with van der Waals surface area (Å²) in [6, 6.07) is 18.4. The molecule has 0 aliphatic carbocycles. The lowest BCUT2D eigenvalue weighted by atomic mass is 9.95. The van der Waals surface area contributed by atoms with E-state index >= 15 is 0 Å². The smallest absolute Gasteiger partial charge is 0.338 e. The molecule has 0 saturated carbocycles. The summed E-state index contributed by atoms with van der Waals surface area (Å²) < 4.78 is 23.9. The van der Waals surface area contributed by atoms with E-state index in [-0.39, 0.29) is 13.2 Å². The minimum absolute atomic E-state index is 0.226. The molecule has 1 heterocycles. The summed E-state index contributed by atoms with van der Waals surface area (Å²) in [6.07, 6.45) is 1.53. The van der Waals surface area contributed by atoms with Crippen LogP contribution in [-0.4, -0.2) is 43.0 Å². The van der Waals surface area contributed by atoms with E-state index in [0.29, 0.717) is 52.4 Å². The van der Waals surface area contributed by atoms with Crippen LogP contribution in [0.5, 0.6) is 17.2 Å². The Morgan fingerprint density at radius 2 is 1.76 bits per heavy atom. The third kappa shape index (κ3) is 9.17. The number of rotatable bonds is 13. The second-order valence-corrected chi connectivity index (χ2v) is 11.5. The maximum absolute atomic E-state index is 12.8. The van der Waals surface area contributed by atoms with Gasteiger partial charge >= 0.3 is 5.97 Å². The molecule has 3 N–H and O–H groups in total. The first-order valence-corrected chi connectivity index (χ1v) is 15.8. The van der Waals surface area contributed by atoms with Crippen molar-refractivity contribution in [1.82, 2.24) is 16.1 Å². The van der Waals surface area contributed by atoms with Gasteiger partial charge in [-0.1, -0.05) is 48.0 Å². The van der Waals surface area contributed by atoms with Crippen LogP contribution < -0.4 is 30.3 Å². The Balaban J connectivity index is 1.41.